The predicted octanol–water partition coefficient (Wildman–Crippen LogP) is 4.09. The molecule has 0 saturated carbocycles. The van der Waals surface area contributed by atoms with Crippen molar-refractivity contribution in [3.05, 3.63) is 33.4 Å². The summed E-state index contributed by atoms with van der Waals surface area (Å²) in [6, 6.07) is 6.46. The van der Waals surface area contributed by atoms with Gasteiger partial charge in [-0.05, 0) is 34.1 Å². The molecule has 0 radical (unpaired) electrons. The fraction of sp³-hybridized carbons (Fsp3) is 0.385. The highest BCUT2D eigenvalue weighted by Gasteiger charge is 2.13. The summed E-state index contributed by atoms with van der Waals surface area (Å²) in [5.41, 5.74) is 2.44. The molecular formula is C13H16BrClN2. The summed E-state index contributed by atoms with van der Waals surface area (Å²) < 4.78 is 3.33. The molecule has 1 aromatic heterocycles. The van der Waals surface area contributed by atoms with Crippen LogP contribution in [0.5, 0.6) is 0 Å². The number of aryl methyl sites for hydroxylation is 1. The molecule has 0 aliphatic rings. The topological polar surface area (TPSA) is 17.0 Å². The Morgan fingerprint density at radius 2 is 2.12 bits per heavy atom. The van der Waals surface area contributed by atoms with Gasteiger partial charge in [0, 0.05) is 45.7 Å². The molecule has 2 aromatic rings. The van der Waals surface area contributed by atoms with E-state index in [-0.39, 0.29) is 0 Å². The van der Waals surface area contributed by atoms with Crippen LogP contribution < -0.4 is 5.32 Å². The largest absolute Gasteiger partial charge is 0.345 e. The average molecular weight is 316 g/mol. The minimum atomic E-state index is 0.475. The van der Waals surface area contributed by atoms with Gasteiger partial charge in [-0.2, -0.15) is 0 Å². The zero-order valence-electron chi connectivity index (χ0n) is 10.2. The van der Waals surface area contributed by atoms with Crippen LogP contribution in [0.2, 0.25) is 5.02 Å². The molecule has 1 heterocycles. The molecule has 0 aliphatic heterocycles. The average Bonchev–Trinajstić information content (AvgIpc) is 2.49. The van der Waals surface area contributed by atoms with Crippen molar-refractivity contribution in [2.24, 2.45) is 7.05 Å². The van der Waals surface area contributed by atoms with E-state index in [0.29, 0.717) is 6.04 Å². The zero-order valence-corrected chi connectivity index (χ0v) is 12.6. The van der Waals surface area contributed by atoms with Gasteiger partial charge in [-0.1, -0.05) is 25.4 Å². The van der Waals surface area contributed by atoms with Crippen LogP contribution in [0, 0.1) is 0 Å². The van der Waals surface area contributed by atoms with E-state index < -0.39 is 0 Å². The van der Waals surface area contributed by atoms with Gasteiger partial charge in [0.25, 0.3) is 0 Å². The summed E-state index contributed by atoms with van der Waals surface area (Å²) in [4.78, 5) is 0. The maximum Gasteiger partial charge on any atom is 0.0493 e. The van der Waals surface area contributed by atoms with E-state index in [1.165, 1.54) is 16.6 Å². The number of hydrogen-bond donors (Lipinski definition) is 1. The van der Waals surface area contributed by atoms with Crippen LogP contribution in [0.15, 0.2) is 22.7 Å². The number of aromatic nitrogens is 1. The molecule has 0 saturated heterocycles. The molecule has 0 unspecified atom stereocenters. The van der Waals surface area contributed by atoms with Crippen molar-refractivity contribution in [2.75, 3.05) is 0 Å². The van der Waals surface area contributed by atoms with Crippen molar-refractivity contribution in [2.45, 2.75) is 26.4 Å². The molecule has 0 amide bonds. The first-order valence-corrected chi connectivity index (χ1v) is 6.83. The van der Waals surface area contributed by atoms with Crippen molar-refractivity contribution in [3.63, 3.8) is 0 Å². The van der Waals surface area contributed by atoms with Crippen LogP contribution in [0.4, 0.5) is 0 Å². The van der Waals surface area contributed by atoms with Crippen LogP contribution in [0.1, 0.15) is 19.5 Å². The van der Waals surface area contributed by atoms with Crippen molar-refractivity contribution < 1.29 is 0 Å². The van der Waals surface area contributed by atoms with Crippen LogP contribution in [0.25, 0.3) is 10.9 Å². The highest BCUT2D eigenvalue weighted by molar-refractivity contribution is 9.10. The molecule has 92 valence electrons. The Kier molecular flexibility index (Phi) is 3.81. The van der Waals surface area contributed by atoms with Crippen LogP contribution in [-0.2, 0) is 13.6 Å². The lowest BCUT2D eigenvalue weighted by Gasteiger charge is -2.09. The van der Waals surface area contributed by atoms with Gasteiger partial charge < -0.3 is 9.88 Å². The first-order chi connectivity index (χ1) is 8.00. The molecular weight excluding hydrogens is 300 g/mol. The minimum Gasteiger partial charge on any atom is -0.345 e. The van der Waals surface area contributed by atoms with E-state index in [1.807, 2.05) is 12.1 Å². The normalized spacial score (nSPS) is 11.6. The minimum absolute atomic E-state index is 0.475. The number of halogens is 2. The third kappa shape index (κ3) is 2.51. The van der Waals surface area contributed by atoms with Crippen molar-refractivity contribution in [1.82, 2.24) is 9.88 Å². The summed E-state index contributed by atoms with van der Waals surface area (Å²) in [6.45, 7) is 5.14. The zero-order chi connectivity index (χ0) is 12.6. The summed E-state index contributed by atoms with van der Waals surface area (Å²) in [5, 5.41) is 5.37. The Balaban J connectivity index is 2.49. The van der Waals surface area contributed by atoms with Gasteiger partial charge in [0.05, 0.1) is 0 Å². The molecule has 0 spiro atoms. The first kappa shape index (κ1) is 12.9. The Bertz CT molecular complexity index is 546. The lowest BCUT2D eigenvalue weighted by molar-refractivity contribution is 0.571. The van der Waals surface area contributed by atoms with Gasteiger partial charge in [-0.15, -0.1) is 0 Å². The van der Waals surface area contributed by atoms with E-state index in [4.69, 9.17) is 11.6 Å². The van der Waals surface area contributed by atoms with E-state index in [2.05, 4.69) is 52.8 Å². The molecule has 1 N–H and O–H groups in total. The Morgan fingerprint density at radius 3 is 2.76 bits per heavy atom. The molecule has 1 aromatic carbocycles. The SMILES string of the molecule is CC(C)NCc1c(Br)c2cc(Cl)ccc2n1C. The number of benzene rings is 1. The van der Waals surface area contributed by atoms with Gasteiger partial charge in [-0.25, -0.2) is 0 Å². The monoisotopic (exact) mass is 314 g/mol. The molecule has 0 bridgehead atoms. The van der Waals surface area contributed by atoms with E-state index >= 15 is 0 Å². The molecule has 0 aliphatic carbocycles. The molecule has 0 atom stereocenters. The quantitative estimate of drug-likeness (QED) is 0.902. The Labute approximate surface area is 115 Å². The number of nitrogens with one attached hydrogen (secondary N) is 1. The Hall–Kier alpha value is -0.510. The third-order valence-electron chi connectivity index (χ3n) is 2.89. The number of fused-ring (bicyclic) bond motifs is 1. The van der Waals surface area contributed by atoms with Crippen LogP contribution >= 0.6 is 27.5 Å². The predicted molar refractivity (Wildman–Crippen MR) is 77.6 cm³/mol. The lowest BCUT2D eigenvalue weighted by atomic mass is 10.2. The fourth-order valence-electron chi connectivity index (χ4n) is 1.92. The molecule has 2 rings (SSSR count). The summed E-state index contributed by atoms with van der Waals surface area (Å²) in [5.74, 6) is 0. The summed E-state index contributed by atoms with van der Waals surface area (Å²) >= 11 is 9.70. The highest BCUT2D eigenvalue weighted by Crippen LogP contribution is 2.32. The van der Waals surface area contributed by atoms with Crippen molar-refractivity contribution in [1.29, 1.82) is 0 Å². The van der Waals surface area contributed by atoms with Gasteiger partial charge in [0.2, 0.25) is 0 Å². The first-order valence-electron chi connectivity index (χ1n) is 5.66. The maximum atomic E-state index is 6.03. The summed E-state index contributed by atoms with van der Waals surface area (Å²) in [6.07, 6.45) is 0. The molecule has 17 heavy (non-hydrogen) atoms. The van der Waals surface area contributed by atoms with Crippen molar-refractivity contribution in [3.8, 4) is 0 Å². The lowest BCUT2D eigenvalue weighted by Crippen LogP contribution is -2.23. The smallest absolute Gasteiger partial charge is 0.0493 e. The fourth-order valence-corrected chi connectivity index (χ4v) is 2.82. The molecule has 2 nitrogen and oxygen atoms in total. The standard InChI is InChI=1S/C13H16BrClN2/c1-8(2)16-7-12-13(14)10-6-9(15)4-5-11(10)17(12)3/h4-6,8,16H,7H2,1-3H3. The van der Waals surface area contributed by atoms with Gasteiger partial charge >= 0.3 is 0 Å². The number of nitrogens with zero attached hydrogens (tertiary/aromatic N) is 1. The van der Waals surface area contributed by atoms with Gasteiger partial charge in [0.1, 0.15) is 0 Å². The second kappa shape index (κ2) is 5.01. The summed E-state index contributed by atoms with van der Waals surface area (Å²) in [7, 11) is 2.08. The van der Waals surface area contributed by atoms with Gasteiger partial charge in [-0.3, -0.25) is 0 Å². The number of rotatable bonds is 3. The van der Waals surface area contributed by atoms with E-state index in [9.17, 15) is 0 Å². The third-order valence-corrected chi connectivity index (χ3v) is 4.01. The number of hydrogen-bond acceptors (Lipinski definition) is 1. The van der Waals surface area contributed by atoms with Gasteiger partial charge in [0.15, 0.2) is 0 Å². The molecule has 4 heteroatoms. The maximum absolute atomic E-state index is 6.03. The highest BCUT2D eigenvalue weighted by atomic mass is 79.9. The molecule has 0 fully saturated rings. The second-order valence-electron chi connectivity index (χ2n) is 4.52. The Morgan fingerprint density at radius 1 is 1.41 bits per heavy atom. The van der Waals surface area contributed by atoms with Crippen LogP contribution in [0.3, 0.4) is 0 Å². The van der Waals surface area contributed by atoms with E-state index in [0.717, 1.165) is 16.0 Å². The van der Waals surface area contributed by atoms with Crippen LogP contribution in [-0.4, -0.2) is 10.6 Å². The van der Waals surface area contributed by atoms with Crippen molar-refractivity contribution >= 4 is 38.4 Å². The van der Waals surface area contributed by atoms with E-state index in [1.54, 1.807) is 0 Å². The second-order valence-corrected chi connectivity index (χ2v) is 5.75.